The minimum Gasteiger partial charge on any atom is -0.468 e. The lowest BCUT2D eigenvalue weighted by atomic mass is 10.2. The largest absolute Gasteiger partial charge is 0.468 e. The van der Waals surface area contributed by atoms with Crippen molar-refractivity contribution < 1.29 is 8.94 Å². The molecule has 2 heterocycles. The summed E-state index contributed by atoms with van der Waals surface area (Å²) < 4.78 is 11.7. The van der Waals surface area contributed by atoms with Crippen molar-refractivity contribution in [1.82, 2.24) is 15.0 Å². The van der Waals surface area contributed by atoms with Gasteiger partial charge in [-0.3, -0.25) is 4.90 Å². The smallest absolute Gasteiger partial charge is 0.241 e. The van der Waals surface area contributed by atoms with Crippen LogP contribution in [0.3, 0.4) is 0 Å². The summed E-state index contributed by atoms with van der Waals surface area (Å²) in [6, 6.07) is 13.6. The first-order valence-corrected chi connectivity index (χ1v) is 8.24. The summed E-state index contributed by atoms with van der Waals surface area (Å²) in [5.74, 6) is 1.89. The third-order valence-electron chi connectivity index (χ3n) is 3.41. The summed E-state index contributed by atoms with van der Waals surface area (Å²) in [7, 11) is 0. The van der Waals surface area contributed by atoms with Gasteiger partial charge >= 0.3 is 0 Å². The highest BCUT2D eigenvalue weighted by Gasteiger charge is 2.14. The summed E-state index contributed by atoms with van der Waals surface area (Å²) in [4.78, 5) is 6.49. The minimum atomic E-state index is 0.424. The van der Waals surface area contributed by atoms with Gasteiger partial charge in [-0.15, -0.1) is 0 Å². The van der Waals surface area contributed by atoms with Crippen molar-refractivity contribution in [1.29, 1.82) is 5.26 Å². The predicted octanol–water partition coefficient (Wildman–Crippen LogP) is 4.01. The lowest BCUT2D eigenvalue weighted by Gasteiger charge is -2.17. The van der Waals surface area contributed by atoms with Gasteiger partial charge in [0.15, 0.2) is 0 Å². The number of nitriles is 1. The monoisotopic (exact) mass is 386 g/mol. The van der Waals surface area contributed by atoms with Crippen molar-refractivity contribution in [2.75, 3.05) is 6.54 Å². The molecule has 0 aliphatic carbocycles. The zero-order chi connectivity index (χ0) is 16.8. The molecule has 7 heteroatoms. The van der Waals surface area contributed by atoms with Gasteiger partial charge < -0.3 is 8.94 Å². The van der Waals surface area contributed by atoms with Gasteiger partial charge in [0, 0.05) is 23.0 Å². The lowest BCUT2D eigenvalue weighted by Crippen LogP contribution is -2.23. The first-order valence-electron chi connectivity index (χ1n) is 7.45. The molecule has 3 rings (SSSR count). The van der Waals surface area contributed by atoms with E-state index in [1.54, 1.807) is 6.26 Å². The van der Waals surface area contributed by atoms with Gasteiger partial charge in [-0.2, -0.15) is 10.2 Å². The van der Waals surface area contributed by atoms with Gasteiger partial charge in [-0.1, -0.05) is 33.2 Å². The molecule has 0 fully saturated rings. The average molecular weight is 387 g/mol. The summed E-state index contributed by atoms with van der Waals surface area (Å²) in [5, 5.41) is 12.9. The first kappa shape index (κ1) is 16.4. The van der Waals surface area contributed by atoms with Gasteiger partial charge in [0.25, 0.3) is 0 Å². The molecule has 0 bridgehead atoms. The standard InChI is InChI=1S/C17H15BrN4O2/c18-14-5-1-4-13(10-14)17-20-16(24-21-17)12-22(8-3-7-19)11-15-6-2-9-23-15/h1-2,4-6,9-10H,3,8,11-12H2. The number of benzene rings is 1. The van der Waals surface area contributed by atoms with Gasteiger partial charge in [0.05, 0.1) is 25.4 Å². The van der Waals surface area contributed by atoms with Crippen LogP contribution in [0, 0.1) is 11.3 Å². The Bertz CT molecular complexity index is 823. The van der Waals surface area contributed by atoms with E-state index in [2.05, 4.69) is 32.1 Å². The Balaban J connectivity index is 1.71. The molecule has 1 aromatic carbocycles. The van der Waals surface area contributed by atoms with Crippen LogP contribution in [-0.4, -0.2) is 21.6 Å². The number of furan rings is 1. The third kappa shape index (κ3) is 4.31. The molecular weight excluding hydrogens is 372 g/mol. The third-order valence-corrected chi connectivity index (χ3v) is 3.90. The predicted molar refractivity (Wildman–Crippen MR) is 90.5 cm³/mol. The highest BCUT2D eigenvalue weighted by Crippen LogP contribution is 2.21. The van der Waals surface area contributed by atoms with E-state index < -0.39 is 0 Å². The fourth-order valence-corrected chi connectivity index (χ4v) is 2.70. The SMILES string of the molecule is N#CCCN(Cc1ccco1)Cc1nc(-c2cccc(Br)c2)no1. The van der Waals surface area contributed by atoms with Crippen LogP contribution in [0.2, 0.25) is 0 Å². The molecule has 0 N–H and O–H groups in total. The van der Waals surface area contributed by atoms with Crippen molar-refractivity contribution in [3.63, 3.8) is 0 Å². The van der Waals surface area contributed by atoms with Crippen molar-refractivity contribution >= 4 is 15.9 Å². The van der Waals surface area contributed by atoms with Crippen LogP contribution in [0.25, 0.3) is 11.4 Å². The van der Waals surface area contributed by atoms with Crippen LogP contribution in [0.5, 0.6) is 0 Å². The van der Waals surface area contributed by atoms with Crippen LogP contribution in [-0.2, 0) is 13.1 Å². The van der Waals surface area contributed by atoms with E-state index in [0.29, 0.717) is 37.8 Å². The Morgan fingerprint density at radius 2 is 2.12 bits per heavy atom. The molecule has 122 valence electrons. The topological polar surface area (TPSA) is 79.1 Å². The molecular formula is C17H15BrN4O2. The van der Waals surface area contributed by atoms with Gasteiger partial charge in [-0.25, -0.2) is 0 Å². The van der Waals surface area contributed by atoms with Gasteiger partial charge in [0.1, 0.15) is 5.76 Å². The fourth-order valence-electron chi connectivity index (χ4n) is 2.30. The summed E-state index contributed by atoms with van der Waals surface area (Å²) in [6.45, 7) is 1.65. The molecule has 2 aromatic heterocycles. The normalized spacial score (nSPS) is 10.9. The summed E-state index contributed by atoms with van der Waals surface area (Å²) in [5.41, 5.74) is 0.883. The Morgan fingerprint density at radius 1 is 1.21 bits per heavy atom. The minimum absolute atomic E-state index is 0.424. The maximum atomic E-state index is 8.83. The average Bonchev–Trinajstić information content (AvgIpc) is 3.24. The molecule has 3 aromatic rings. The summed E-state index contributed by atoms with van der Waals surface area (Å²) in [6.07, 6.45) is 2.06. The van der Waals surface area contributed by atoms with Crippen molar-refractivity contribution in [3.8, 4) is 17.5 Å². The van der Waals surface area contributed by atoms with E-state index in [1.807, 2.05) is 41.3 Å². The number of hydrogen-bond donors (Lipinski definition) is 0. The second-order valence-electron chi connectivity index (χ2n) is 5.22. The number of aromatic nitrogens is 2. The van der Waals surface area contributed by atoms with Crippen molar-refractivity contribution in [2.24, 2.45) is 0 Å². The van der Waals surface area contributed by atoms with E-state index in [9.17, 15) is 0 Å². The second kappa shape index (κ2) is 7.90. The molecule has 0 radical (unpaired) electrons. The Labute approximate surface area is 147 Å². The highest BCUT2D eigenvalue weighted by atomic mass is 79.9. The molecule has 0 aliphatic heterocycles. The maximum absolute atomic E-state index is 8.83. The molecule has 24 heavy (non-hydrogen) atoms. The molecule has 0 spiro atoms. The zero-order valence-corrected chi connectivity index (χ0v) is 14.4. The number of nitrogens with zero attached hydrogens (tertiary/aromatic N) is 4. The van der Waals surface area contributed by atoms with E-state index in [4.69, 9.17) is 14.2 Å². The van der Waals surface area contributed by atoms with E-state index >= 15 is 0 Å². The van der Waals surface area contributed by atoms with Crippen molar-refractivity contribution in [3.05, 3.63) is 58.8 Å². The fraction of sp³-hybridized carbons (Fsp3) is 0.235. The quantitative estimate of drug-likeness (QED) is 0.610. The van der Waals surface area contributed by atoms with Crippen LogP contribution in [0.1, 0.15) is 18.1 Å². The van der Waals surface area contributed by atoms with E-state index in [0.717, 1.165) is 15.8 Å². The van der Waals surface area contributed by atoms with Crippen LogP contribution < -0.4 is 0 Å². The molecule has 6 nitrogen and oxygen atoms in total. The molecule has 0 saturated carbocycles. The van der Waals surface area contributed by atoms with Crippen molar-refractivity contribution in [2.45, 2.75) is 19.5 Å². The van der Waals surface area contributed by atoms with E-state index in [1.165, 1.54) is 0 Å². The summed E-state index contributed by atoms with van der Waals surface area (Å²) >= 11 is 3.43. The molecule has 0 unspecified atom stereocenters. The van der Waals surface area contributed by atoms with Gasteiger partial charge in [-0.05, 0) is 24.3 Å². The first-order chi connectivity index (χ1) is 11.7. The molecule has 0 atom stereocenters. The molecule has 0 aliphatic rings. The van der Waals surface area contributed by atoms with Crippen LogP contribution >= 0.6 is 15.9 Å². The Kier molecular flexibility index (Phi) is 5.41. The highest BCUT2D eigenvalue weighted by molar-refractivity contribution is 9.10. The second-order valence-corrected chi connectivity index (χ2v) is 6.14. The number of rotatable bonds is 7. The Morgan fingerprint density at radius 3 is 2.88 bits per heavy atom. The number of halogens is 1. The molecule has 0 saturated heterocycles. The maximum Gasteiger partial charge on any atom is 0.241 e. The number of hydrogen-bond acceptors (Lipinski definition) is 6. The van der Waals surface area contributed by atoms with Crippen LogP contribution in [0.15, 0.2) is 56.1 Å². The lowest BCUT2D eigenvalue weighted by molar-refractivity contribution is 0.208. The zero-order valence-electron chi connectivity index (χ0n) is 12.9. The molecule has 0 amide bonds. The van der Waals surface area contributed by atoms with Crippen LogP contribution in [0.4, 0.5) is 0 Å². The van der Waals surface area contributed by atoms with E-state index in [-0.39, 0.29) is 0 Å². The Hall–Kier alpha value is -2.43. The van der Waals surface area contributed by atoms with Gasteiger partial charge in [0.2, 0.25) is 11.7 Å².